The monoisotopic (exact) mass is 212 g/mol. The van der Waals surface area contributed by atoms with Gasteiger partial charge >= 0.3 is 0 Å². The number of anilines is 1. The highest BCUT2D eigenvalue weighted by molar-refractivity contribution is 5.43. The van der Waals surface area contributed by atoms with Crippen molar-refractivity contribution in [3.8, 4) is 5.75 Å². The molecule has 0 aliphatic carbocycles. The van der Waals surface area contributed by atoms with Gasteiger partial charge in [-0.25, -0.2) is 0 Å². The first kappa shape index (κ1) is 10.6. The maximum Gasteiger partial charge on any atom is 0.121 e. The van der Waals surface area contributed by atoms with Crippen LogP contribution in [0, 0.1) is 6.07 Å². The van der Waals surface area contributed by atoms with E-state index in [1.165, 1.54) is 5.56 Å². The largest absolute Gasteiger partial charge is 0.493 e. The third-order valence-corrected chi connectivity index (χ3v) is 2.29. The summed E-state index contributed by atoms with van der Waals surface area (Å²) in [5.74, 6) is 0.774. The van der Waals surface area contributed by atoms with Crippen molar-refractivity contribution in [2.75, 3.05) is 12.3 Å². The van der Waals surface area contributed by atoms with Gasteiger partial charge in [-0.05, 0) is 23.8 Å². The first-order chi connectivity index (χ1) is 7.84. The van der Waals surface area contributed by atoms with E-state index in [4.69, 9.17) is 10.5 Å². The predicted octanol–water partition coefficient (Wildman–Crippen LogP) is 2.69. The lowest BCUT2D eigenvalue weighted by atomic mass is 10.2. The Balaban J connectivity index is 1.85. The standard InChI is InChI=1S/C14H14NO/c15-13-7-4-8-14(11-13)16-10-9-12-5-2-1-3-6-12/h1-3,5-8,11H,9-10,15H2. The van der Waals surface area contributed by atoms with Crippen LogP contribution < -0.4 is 10.5 Å². The highest BCUT2D eigenvalue weighted by Gasteiger charge is 1.95. The summed E-state index contributed by atoms with van der Waals surface area (Å²) in [5.41, 5.74) is 7.58. The Hall–Kier alpha value is -1.96. The number of benzene rings is 2. The number of nitrogen functional groups attached to an aromatic ring is 1. The van der Waals surface area contributed by atoms with Gasteiger partial charge in [-0.1, -0.05) is 30.3 Å². The van der Waals surface area contributed by atoms with Crippen LogP contribution in [0.3, 0.4) is 0 Å². The van der Waals surface area contributed by atoms with Crippen LogP contribution in [0.2, 0.25) is 0 Å². The molecule has 2 nitrogen and oxygen atoms in total. The van der Waals surface area contributed by atoms with Crippen molar-refractivity contribution in [3.05, 3.63) is 60.2 Å². The minimum absolute atomic E-state index is 0.654. The first-order valence-electron chi connectivity index (χ1n) is 5.28. The van der Waals surface area contributed by atoms with Gasteiger partial charge in [0.05, 0.1) is 6.61 Å². The quantitative estimate of drug-likeness (QED) is 0.791. The normalized spacial score (nSPS) is 10.0. The number of ether oxygens (including phenoxy) is 1. The molecule has 0 spiro atoms. The van der Waals surface area contributed by atoms with Gasteiger partial charge in [0.15, 0.2) is 0 Å². The Labute approximate surface area is 95.7 Å². The van der Waals surface area contributed by atoms with Gasteiger partial charge in [0.25, 0.3) is 0 Å². The van der Waals surface area contributed by atoms with Crippen LogP contribution in [0.4, 0.5) is 5.69 Å². The average Bonchev–Trinajstić information content (AvgIpc) is 2.30. The lowest BCUT2D eigenvalue weighted by Crippen LogP contribution is -2.01. The fraction of sp³-hybridized carbons (Fsp3) is 0.143. The van der Waals surface area contributed by atoms with Gasteiger partial charge in [0.2, 0.25) is 0 Å². The summed E-state index contributed by atoms with van der Waals surface area (Å²) >= 11 is 0. The average molecular weight is 212 g/mol. The first-order valence-corrected chi connectivity index (χ1v) is 5.28. The number of hydrogen-bond acceptors (Lipinski definition) is 2. The van der Waals surface area contributed by atoms with Crippen molar-refractivity contribution in [3.63, 3.8) is 0 Å². The Kier molecular flexibility index (Phi) is 3.44. The second-order valence-corrected chi connectivity index (χ2v) is 3.59. The molecule has 0 saturated heterocycles. The van der Waals surface area contributed by atoms with Crippen LogP contribution in [0.15, 0.2) is 48.5 Å². The highest BCUT2D eigenvalue weighted by Crippen LogP contribution is 2.14. The predicted molar refractivity (Wildman–Crippen MR) is 65.3 cm³/mol. The second-order valence-electron chi connectivity index (χ2n) is 3.59. The molecule has 0 aliphatic rings. The van der Waals surface area contributed by atoms with Gasteiger partial charge in [-0.3, -0.25) is 0 Å². The molecule has 0 atom stereocenters. The van der Waals surface area contributed by atoms with E-state index in [0.717, 1.165) is 12.2 Å². The van der Waals surface area contributed by atoms with Crippen molar-refractivity contribution >= 4 is 5.69 Å². The highest BCUT2D eigenvalue weighted by atomic mass is 16.5. The van der Waals surface area contributed by atoms with E-state index in [9.17, 15) is 0 Å². The number of rotatable bonds is 4. The lowest BCUT2D eigenvalue weighted by Gasteiger charge is -2.06. The molecule has 0 fully saturated rings. The molecular formula is C14H14NO. The topological polar surface area (TPSA) is 35.2 Å². The summed E-state index contributed by atoms with van der Waals surface area (Å²) < 4.78 is 5.58. The van der Waals surface area contributed by atoms with E-state index in [0.29, 0.717) is 12.3 Å². The van der Waals surface area contributed by atoms with Crippen molar-refractivity contribution in [2.45, 2.75) is 6.42 Å². The molecule has 2 N–H and O–H groups in total. The summed E-state index contributed by atoms with van der Waals surface area (Å²) in [4.78, 5) is 0. The maximum atomic E-state index is 5.63. The van der Waals surface area contributed by atoms with E-state index >= 15 is 0 Å². The van der Waals surface area contributed by atoms with Gasteiger partial charge in [-0.2, -0.15) is 0 Å². The molecule has 2 heteroatoms. The maximum absolute atomic E-state index is 5.63. The van der Waals surface area contributed by atoms with Gasteiger partial charge in [0, 0.05) is 18.2 Å². The zero-order valence-electron chi connectivity index (χ0n) is 9.02. The number of nitrogens with two attached hydrogens (primary N) is 1. The molecule has 0 unspecified atom stereocenters. The Morgan fingerprint density at radius 3 is 2.69 bits per heavy atom. The fourth-order valence-corrected chi connectivity index (χ4v) is 1.48. The third kappa shape index (κ3) is 3.02. The molecule has 0 heterocycles. The molecule has 0 saturated carbocycles. The second kappa shape index (κ2) is 5.21. The summed E-state index contributed by atoms with van der Waals surface area (Å²) in [6.45, 7) is 0.654. The van der Waals surface area contributed by atoms with Crippen LogP contribution >= 0.6 is 0 Å². The summed E-state index contributed by atoms with van der Waals surface area (Å²) in [6.07, 6.45) is 0.898. The Morgan fingerprint density at radius 2 is 1.94 bits per heavy atom. The molecule has 16 heavy (non-hydrogen) atoms. The van der Waals surface area contributed by atoms with Gasteiger partial charge in [-0.15, -0.1) is 0 Å². The third-order valence-electron chi connectivity index (χ3n) is 2.29. The van der Waals surface area contributed by atoms with Crippen molar-refractivity contribution in [1.82, 2.24) is 0 Å². The van der Waals surface area contributed by atoms with Crippen LogP contribution in [-0.2, 0) is 6.42 Å². The molecule has 81 valence electrons. The van der Waals surface area contributed by atoms with Crippen LogP contribution in [0.1, 0.15) is 5.56 Å². The lowest BCUT2D eigenvalue weighted by molar-refractivity contribution is 0.322. The minimum atomic E-state index is 0.654. The smallest absolute Gasteiger partial charge is 0.121 e. The van der Waals surface area contributed by atoms with E-state index in [2.05, 4.69) is 18.2 Å². The fourth-order valence-electron chi connectivity index (χ4n) is 1.48. The van der Waals surface area contributed by atoms with Crippen molar-refractivity contribution < 1.29 is 4.74 Å². The van der Waals surface area contributed by atoms with Gasteiger partial charge < -0.3 is 10.5 Å². The van der Waals surface area contributed by atoms with Gasteiger partial charge in [0.1, 0.15) is 5.75 Å². The zero-order valence-corrected chi connectivity index (χ0v) is 9.02. The van der Waals surface area contributed by atoms with Crippen molar-refractivity contribution in [2.24, 2.45) is 0 Å². The van der Waals surface area contributed by atoms with E-state index in [-0.39, 0.29) is 0 Å². The molecule has 2 aromatic carbocycles. The molecule has 0 aliphatic heterocycles. The molecule has 2 rings (SSSR count). The van der Waals surface area contributed by atoms with Crippen LogP contribution in [0.5, 0.6) is 5.75 Å². The SMILES string of the molecule is Nc1c[c]cc(OCCc2ccccc2)c1. The van der Waals surface area contributed by atoms with Crippen LogP contribution in [-0.4, -0.2) is 6.61 Å². The molecule has 0 aromatic heterocycles. The Morgan fingerprint density at radius 1 is 1.12 bits per heavy atom. The van der Waals surface area contributed by atoms with E-state index < -0.39 is 0 Å². The number of hydrogen-bond donors (Lipinski definition) is 1. The molecule has 1 radical (unpaired) electrons. The van der Waals surface area contributed by atoms with Crippen LogP contribution in [0.25, 0.3) is 0 Å². The van der Waals surface area contributed by atoms with E-state index in [1.54, 1.807) is 12.1 Å². The van der Waals surface area contributed by atoms with Crippen molar-refractivity contribution in [1.29, 1.82) is 0 Å². The molecule has 0 bridgehead atoms. The minimum Gasteiger partial charge on any atom is -0.493 e. The summed E-state index contributed by atoms with van der Waals surface area (Å²) in [6, 6.07) is 18.5. The Bertz CT molecular complexity index is 439. The molecular weight excluding hydrogens is 198 g/mol. The molecule has 0 amide bonds. The summed E-state index contributed by atoms with van der Waals surface area (Å²) in [5, 5.41) is 0. The van der Waals surface area contributed by atoms with E-state index in [1.807, 2.05) is 24.3 Å². The molecule has 2 aromatic rings. The summed E-state index contributed by atoms with van der Waals surface area (Å²) in [7, 11) is 0. The zero-order chi connectivity index (χ0) is 11.2.